The van der Waals surface area contributed by atoms with Crippen molar-refractivity contribution in [1.82, 2.24) is 4.90 Å². The van der Waals surface area contributed by atoms with E-state index in [4.69, 9.17) is 17.3 Å². The molecule has 0 radical (unpaired) electrons. The monoisotopic (exact) mass is 372 g/mol. The number of carbonyl (C=O) groups is 1. The van der Waals surface area contributed by atoms with Crippen molar-refractivity contribution in [1.29, 1.82) is 0 Å². The normalized spacial score (nSPS) is 15.1. The molecule has 0 spiro atoms. The number of nitrogens with zero attached hydrogens (tertiary/aromatic N) is 2. The fraction of sp³-hybridized carbons (Fsp3) is 0.350. The predicted octanol–water partition coefficient (Wildman–Crippen LogP) is 3.62. The van der Waals surface area contributed by atoms with E-state index in [1.165, 1.54) is 0 Å². The van der Waals surface area contributed by atoms with Gasteiger partial charge >= 0.3 is 0 Å². The first-order chi connectivity index (χ1) is 12.5. The molecule has 1 aliphatic heterocycles. The van der Waals surface area contributed by atoms with Crippen LogP contribution in [0.25, 0.3) is 0 Å². The summed E-state index contributed by atoms with van der Waals surface area (Å²) in [6.07, 6.45) is 0. The van der Waals surface area contributed by atoms with Crippen LogP contribution in [0.3, 0.4) is 0 Å². The Kier molecular flexibility index (Phi) is 5.69. The molecular formula is C20H25ClN4O. The molecule has 3 N–H and O–H groups in total. The van der Waals surface area contributed by atoms with Gasteiger partial charge in [0.2, 0.25) is 0 Å². The number of nitrogen functional groups attached to an aromatic ring is 1. The van der Waals surface area contributed by atoms with Crippen molar-refractivity contribution in [2.75, 3.05) is 48.7 Å². The third kappa shape index (κ3) is 3.94. The van der Waals surface area contributed by atoms with Crippen LogP contribution < -0.4 is 16.0 Å². The first-order valence-electron chi connectivity index (χ1n) is 8.93. The number of hydrogen-bond acceptors (Lipinski definition) is 4. The van der Waals surface area contributed by atoms with Gasteiger partial charge in [-0.25, -0.2) is 0 Å². The summed E-state index contributed by atoms with van der Waals surface area (Å²) >= 11 is 6.34. The summed E-state index contributed by atoms with van der Waals surface area (Å²) in [6, 6.07) is 11.1. The van der Waals surface area contributed by atoms with Crippen molar-refractivity contribution in [2.24, 2.45) is 0 Å². The Morgan fingerprint density at radius 2 is 1.88 bits per heavy atom. The highest BCUT2D eigenvalue weighted by molar-refractivity contribution is 6.34. The fourth-order valence-electron chi connectivity index (χ4n) is 3.27. The molecule has 1 amide bonds. The lowest BCUT2D eigenvalue weighted by Crippen LogP contribution is -2.46. The van der Waals surface area contributed by atoms with Crippen LogP contribution >= 0.6 is 11.6 Å². The van der Waals surface area contributed by atoms with Gasteiger partial charge in [-0.15, -0.1) is 0 Å². The Bertz CT molecular complexity index is 800. The van der Waals surface area contributed by atoms with Crippen molar-refractivity contribution >= 4 is 34.6 Å². The Hall–Kier alpha value is -2.24. The zero-order valence-electron chi connectivity index (χ0n) is 15.3. The Labute approximate surface area is 159 Å². The second kappa shape index (κ2) is 7.98. The number of piperazine rings is 1. The number of carbonyl (C=O) groups excluding carboxylic acids is 1. The lowest BCUT2D eigenvalue weighted by molar-refractivity contribution is 0.102. The number of nitrogens with one attached hydrogen (secondary N) is 1. The molecule has 2 aromatic rings. The minimum atomic E-state index is -0.170. The molecule has 5 nitrogen and oxygen atoms in total. The molecule has 1 heterocycles. The Balaban J connectivity index is 1.82. The Morgan fingerprint density at radius 1 is 1.19 bits per heavy atom. The number of rotatable bonds is 4. The molecule has 0 aromatic heterocycles. The van der Waals surface area contributed by atoms with Crippen molar-refractivity contribution < 1.29 is 4.79 Å². The average Bonchev–Trinajstić information content (AvgIpc) is 2.64. The molecule has 1 aliphatic rings. The maximum absolute atomic E-state index is 12.6. The summed E-state index contributed by atoms with van der Waals surface area (Å²) in [5, 5.41) is 3.38. The number of amides is 1. The molecule has 1 saturated heterocycles. The quantitative estimate of drug-likeness (QED) is 0.804. The van der Waals surface area contributed by atoms with E-state index in [0.29, 0.717) is 22.0 Å². The van der Waals surface area contributed by atoms with Gasteiger partial charge in [-0.1, -0.05) is 36.7 Å². The van der Waals surface area contributed by atoms with Crippen LogP contribution in [0.4, 0.5) is 17.1 Å². The largest absolute Gasteiger partial charge is 0.397 e. The highest BCUT2D eigenvalue weighted by Crippen LogP contribution is 2.34. The van der Waals surface area contributed by atoms with Crippen LogP contribution in [0.2, 0.25) is 5.02 Å². The van der Waals surface area contributed by atoms with Crippen LogP contribution in [0, 0.1) is 6.92 Å². The number of benzene rings is 2. The summed E-state index contributed by atoms with van der Waals surface area (Å²) in [5.41, 5.74) is 9.90. The van der Waals surface area contributed by atoms with E-state index in [0.717, 1.165) is 44.0 Å². The van der Waals surface area contributed by atoms with Gasteiger partial charge in [-0.2, -0.15) is 0 Å². The van der Waals surface area contributed by atoms with Crippen LogP contribution in [-0.4, -0.2) is 43.5 Å². The summed E-state index contributed by atoms with van der Waals surface area (Å²) < 4.78 is 0. The number of likely N-dealkylation sites (N-methyl/N-ethyl adjacent to an activating group) is 1. The van der Waals surface area contributed by atoms with E-state index in [9.17, 15) is 4.79 Å². The summed E-state index contributed by atoms with van der Waals surface area (Å²) in [5.74, 6) is -0.170. The zero-order valence-corrected chi connectivity index (χ0v) is 16.0. The number of aryl methyl sites for hydroxylation is 1. The molecule has 138 valence electrons. The summed E-state index contributed by atoms with van der Waals surface area (Å²) in [4.78, 5) is 17.3. The first kappa shape index (κ1) is 18.5. The lowest BCUT2D eigenvalue weighted by Gasteiger charge is -2.36. The van der Waals surface area contributed by atoms with Gasteiger partial charge in [0.25, 0.3) is 5.91 Å². The van der Waals surface area contributed by atoms with E-state index in [1.54, 1.807) is 12.1 Å². The van der Waals surface area contributed by atoms with Gasteiger partial charge in [0.15, 0.2) is 0 Å². The maximum atomic E-state index is 12.6. The smallest absolute Gasteiger partial charge is 0.255 e. The van der Waals surface area contributed by atoms with Gasteiger partial charge in [0.05, 0.1) is 22.1 Å². The van der Waals surface area contributed by atoms with E-state index in [-0.39, 0.29) is 5.91 Å². The second-order valence-corrected chi connectivity index (χ2v) is 6.99. The third-order valence-corrected chi connectivity index (χ3v) is 5.23. The van der Waals surface area contributed by atoms with Crippen LogP contribution in [-0.2, 0) is 0 Å². The lowest BCUT2D eigenvalue weighted by atomic mass is 10.1. The van der Waals surface area contributed by atoms with Crippen molar-refractivity contribution in [2.45, 2.75) is 13.8 Å². The topological polar surface area (TPSA) is 61.6 Å². The van der Waals surface area contributed by atoms with Crippen molar-refractivity contribution in [3.8, 4) is 0 Å². The molecule has 0 atom stereocenters. The minimum Gasteiger partial charge on any atom is -0.397 e. The average molecular weight is 373 g/mol. The molecule has 0 bridgehead atoms. The van der Waals surface area contributed by atoms with Crippen molar-refractivity contribution in [3.05, 3.63) is 52.5 Å². The summed E-state index contributed by atoms with van der Waals surface area (Å²) in [6.45, 7) is 8.97. The molecule has 3 rings (SSSR count). The number of nitrogens with two attached hydrogens (primary N) is 1. The van der Waals surface area contributed by atoms with Gasteiger partial charge in [0, 0.05) is 31.7 Å². The molecule has 26 heavy (non-hydrogen) atoms. The Morgan fingerprint density at radius 3 is 2.54 bits per heavy atom. The number of anilines is 3. The minimum absolute atomic E-state index is 0.170. The fourth-order valence-corrected chi connectivity index (χ4v) is 3.49. The third-order valence-electron chi connectivity index (χ3n) is 4.91. The maximum Gasteiger partial charge on any atom is 0.255 e. The predicted molar refractivity (Wildman–Crippen MR) is 109 cm³/mol. The molecule has 6 heteroatoms. The molecule has 1 fully saturated rings. The van der Waals surface area contributed by atoms with Gasteiger partial charge in [-0.3, -0.25) is 4.79 Å². The van der Waals surface area contributed by atoms with Gasteiger partial charge in [-0.05, 0) is 37.2 Å². The van der Waals surface area contributed by atoms with Gasteiger partial charge in [0.1, 0.15) is 0 Å². The van der Waals surface area contributed by atoms with E-state index < -0.39 is 0 Å². The van der Waals surface area contributed by atoms with E-state index >= 15 is 0 Å². The molecule has 0 aliphatic carbocycles. The molecule has 0 saturated carbocycles. The molecule has 0 unspecified atom stereocenters. The van der Waals surface area contributed by atoms with E-state index in [1.807, 2.05) is 31.2 Å². The van der Waals surface area contributed by atoms with Crippen LogP contribution in [0.1, 0.15) is 22.8 Å². The number of halogens is 1. The zero-order chi connectivity index (χ0) is 18.7. The number of hydrogen-bond donors (Lipinski definition) is 2. The van der Waals surface area contributed by atoms with E-state index in [2.05, 4.69) is 22.0 Å². The second-order valence-electron chi connectivity index (χ2n) is 6.58. The standard InChI is InChI=1S/C20H25ClN4O/c1-3-24-8-10-25(11-9-24)19-13-18(16(21)12-17(19)22)23-20(26)15-7-5-4-6-14(15)2/h4-7,12-13H,3,8-11,22H2,1-2H3,(H,23,26). The SMILES string of the molecule is CCN1CCN(c2cc(NC(=O)c3ccccc3C)c(Cl)cc2N)CC1. The first-order valence-corrected chi connectivity index (χ1v) is 9.30. The molecule has 2 aromatic carbocycles. The van der Waals surface area contributed by atoms with Crippen LogP contribution in [0.15, 0.2) is 36.4 Å². The van der Waals surface area contributed by atoms with Gasteiger partial charge < -0.3 is 20.9 Å². The van der Waals surface area contributed by atoms with Crippen molar-refractivity contribution in [3.63, 3.8) is 0 Å². The van der Waals surface area contributed by atoms with Crippen LogP contribution in [0.5, 0.6) is 0 Å². The molecular weight excluding hydrogens is 348 g/mol. The summed E-state index contributed by atoms with van der Waals surface area (Å²) in [7, 11) is 0. The highest BCUT2D eigenvalue weighted by atomic mass is 35.5. The highest BCUT2D eigenvalue weighted by Gasteiger charge is 2.20.